The molecule has 2 aromatic rings. The smallest absolute Gasteiger partial charge is 0.239 e. The highest BCUT2D eigenvalue weighted by Crippen LogP contribution is 2.31. The Morgan fingerprint density at radius 2 is 1.92 bits per heavy atom. The van der Waals surface area contributed by atoms with E-state index in [1.54, 1.807) is 14.2 Å². The highest BCUT2D eigenvalue weighted by molar-refractivity contribution is 5.82. The van der Waals surface area contributed by atoms with E-state index in [0.29, 0.717) is 30.6 Å². The SMILES string of the molecule is COc1ccc(CNC(=O)CN2c3ccccc3C[C@H]2C)cc1OC. The Balaban J connectivity index is 1.60. The van der Waals surface area contributed by atoms with Gasteiger partial charge in [0.25, 0.3) is 0 Å². The zero-order valence-electron chi connectivity index (χ0n) is 14.9. The number of para-hydroxylation sites is 1. The minimum absolute atomic E-state index is 0.0123. The summed E-state index contributed by atoms with van der Waals surface area (Å²) in [6, 6.07) is 14.3. The number of ether oxygens (including phenoxy) is 2. The summed E-state index contributed by atoms with van der Waals surface area (Å²) in [7, 11) is 3.21. The van der Waals surface area contributed by atoms with E-state index in [1.165, 1.54) is 5.56 Å². The zero-order chi connectivity index (χ0) is 17.8. The van der Waals surface area contributed by atoms with Crippen molar-refractivity contribution in [2.24, 2.45) is 0 Å². The van der Waals surface area contributed by atoms with Crippen LogP contribution in [0.25, 0.3) is 0 Å². The van der Waals surface area contributed by atoms with Gasteiger partial charge in [0.15, 0.2) is 11.5 Å². The third kappa shape index (κ3) is 3.71. The molecule has 0 aromatic heterocycles. The average Bonchev–Trinajstić information content (AvgIpc) is 2.95. The Morgan fingerprint density at radius 3 is 2.68 bits per heavy atom. The molecule has 2 aromatic carbocycles. The first-order valence-electron chi connectivity index (χ1n) is 8.44. The first-order chi connectivity index (χ1) is 12.1. The van der Waals surface area contributed by atoms with Crippen LogP contribution in [-0.2, 0) is 17.8 Å². The molecule has 0 saturated carbocycles. The van der Waals surface area contributed by atoms with Crippen molar-refractivity contribution in [1.29, 1.82) is 0 Å². The van der Waals surface area contributed by atoms with Gasteiger partial charge >= 0.3 is 0 Å². The summed E-state index contributed by atoms with van der Waals surface area (Å²) in [4.78, 5) is 14.6. The fourth-order valence-corrected chi connectivity index (χ4v) is 3.27. The van der Waals surface area contributed by atoms with Crippen LogP contribution in [0.2, 0.25) is 0 Å². The number of hydrogen-bond acceptors (Lipinski definition) is 4. The maximum absolute atomic E-state index is 12.4. The lowest BCUT2D eigenvalue weighted by atomic mass is 10.1. The van der Waals surface area contributed by atoms with E-state index in [-0.39, 0.29) is 5.91 Å². The van der Waals surface area contributed by atoms with Gasteiger partial charge in [-0.1, -0.05) is 24.3 Å². The predicted octanol–water partition coefficient (Wildman–Crippen LogP) is 2.77. The molecule has 5 nitrogen and oxygen atoms in total. The molecule has 1 heterocycles. The maximum Gasteiger partial charge on any atom is 0.239 e. The van der Waals surface area contributed by atoms with Crippen LogP contribution in [0.3, 0.4) is 0 Å². The normalized spacial score (nSPS) is 15.6. The Hall–Kier alpha value is -2.69. The maximum atomic E-state index is 12.4. The summed E-state index contributed by atoms with van der Waals surface area (Å²) < 4.78 is 10.5. The fraction of sp³-hybridized carbons (Fsp3) is 0.350. The minimum atomic E-state index is 0.0123. The third-order valence-corrected chi connectivity index (χ3v) is 4.60. The van der Waals surface area contributed by atoms with Crippen LogP contribution in [-0.4, -0.2) is 32.7 Å². The van der Waals surface area contributed by atoms with Crippen molar-refractivity contribution in [3.05, 3.63) is 53.6 Å². The fourth-order valence-electron chi connectivity index (χ4n) is 3.27. The van der Waals surface area contributed by atoms with Gasteiger partial charge in [0.1, 0.15) is 0 Å². The first-order valence-corrected chi connectivity index (χ1v) is 8.44. The number of nitrogens with one attached hydrogen (secondary N) is 1. The highest BCUT2D eigenvalue weighted by Gasteiger charge is 2.26. The number of rotatable bonds is 6. The molecule has 25 heavy (non-hydrogen) atoms. The molecule has 1 aliphatic heterocycles. The van der Waals surface area contributed by atoms with E-state index in [0.717, 1.165) is 17.7 Å². The number of amides is 1. The van der Waals surface area contributed by atoms with Crippen molar-refractivity contribution < 1.29 is 14.3 Å². The van der Waals surface area contributed by atoms with E-state index in [9.17, 15) is 4.79 Å². The molecule has 0 saturated heterocycles. The standard InChI is InChI=1S/C20H24N2O3/c1-14-10-16-6-4-5-7-17(16)22(14)13-20(23)21-12-15-8-9-18(24-2)19(11-15)25-3/h4-9,11,14H,10,12-13H2,1-3H3,(H,21,23)/t14-/m1/s1. The molecule has 1 atom stereocenters. The number of benzene rings is 2. The third-order valence-electron chi connectivity index (χ3n) is 4.60. The van der Waals surface area contributed by atoms with Crippen molar-refractivity contribution >= 4 is 11.6 Å². The van der Waals surface area contributed by atoms with Crippen molar-refractivity contribution in [3.8, 4) is 11.5 Å². The molecule has 1 N–H and O–H groups in total. The molecule has 0 bridgehead atoms. The molecule has 1 aliphatic rings. The molecular weight excluding hydrogens is 316 g/mol. The Labute approximate surface area is 148 Å². The summed E-state index contributed by atoms with van der Waals surface area (Å²) in [6.07, 6.45) is 0.985. The van der Waals surface area contributed by atoms with Gasteiger partial charge in [0, 0.05) is 18.3 Å². The van der Waals surface area contributed by atoms with Crippen molar-refractivity contribution in [2.45, 2.75) is 25.9 Å². The molecule has 5 heteroatoms. The summed E-state index contributed by atoms with van der Waals surface area (Å²) in [5.74, 6) is 1.36. The van der Waals surface area contributed by atoms with Crippen LogP contribution in [0.5, 0.6) is 11.5 Å². The number of carbonyl (C=O) groups excluding carboxylic acids is 1. The van der Waals surface area contributed by atoms with Crippen LogP contribution < -0.4 is 19.7 Å². The molecule has 1 amide bonds. The second-order valence-corrected chi connectivity index (χ2v) is 6.28. The van der Waals surface area contributed by atoms with E-state index < -0.39 is 0 Å². The van der Waals surface area contributed by atoms with Crippen molar-refractivity contribution in [2.75, 3.05) is 25.7 Å². The van der Waals surface area contributed by atoms with E-state index in [4.69, 9.17) is 9.47 Å². The van der Waals surface area contributed by atoms with E-state index >= 15 is 0 Å². The van der Waals surface area contributed by atoms with Gasteiger partial charge in [-0.25, -0.2) is 0 Å². The van der Waals surface area contributed by atoms with Gasteiger partial charge in [0.05, 0.1) is 20.8 Å². The lowest BCUT2D eigenvalue weighted by molar-refractivity contribution is -0.120. The second-order valence-electron chi connectivity index (χ2n) is 6.28. The van der Waals surface area contributed by atoms with Gasteiger partial charge in [-0.05, 0) is 42.7 Å². The number of carbonyl (C=O) groups is 1. The zero-order valence-corrected chi connectivity index (χ0v) is 14.9. The van der Waals surface area contributed by atoms with Crippen molar-refractivity contribution in [3.63, 3.8) is 0 Å². The largest absolute Gasteiger partial charge is 0.493 e. The molecule has 0 spiro atoms. The summed E-state index contributed by atoms with van der Waals surface area (Å²) in [5, 5.41) is 2.99. The molecule has 0 aliphatic carbocycles. The Bertz CT molecular complexity index is 760. The Kier molecular flexibility index (Phi) is 5.12. The first kappa shape index (κ1) is 17.1. The van der Waals surface area contributed by atoms with Crippen LogP contribution in [0.4, 0.5) is 5.69 Å². The number of anilines is 1. The Morgan fingerprint density at radius 1 is 1.16 bits per heavy atom. The summed E-state index contributed by atoms with van der Waals surface area (Å²) >= 11 is 0. The van der Waals surface area contributed by atoms with Gasteiger partial charge in [-0.3, -0.25) is 4.79 Å². The predicted molar refractivity (Wildman–Crippen MR) is 98.3 cm³/mol. The van der Waals surface area contributed by atoms with Gasteiger partial charge < -0.3 is 19.7 Å². The van der Waals surface area contributed by atoms with Gasteiger partial charge in [-0.15, -0.1) is 0 Å². The average molecular weight is 340 g/mol. The quantitative estimate of drug-likeness (QED) is 0.878. The van der Waals surface area contributed by atoms with Gasteiger partial charge in [-0.2, -0.15) is 0 Å². The number of nitrogens with zero attached hydrogens (tertiary/aromatic N) is 1. The summed E-state index contributed by atoms with van der Waals surface area (Å²) in [5.41, 5.74) is 3.44. The van der Waals surface area contributed by atoms with Crippen LogP contribution in [0.15, 0.2) is 42.5 Å². The van der Waals surface area contributed by atoms with E-state index in [2.05, 4.69) is 29.3 Å². The topological polar surface area (TPSA) is 50.8 Å². The second kappa shape index (κ2) is 7.47. The summed E-state index contributed by atoms with van der Waals surface area (Å²) in [6.45, 7) is 2.98. The molecule has 0 fully saturated rings. The van der Waals surface area contributed by atoms with Gasteiger partial charge in [0.2, 0.25) is 5.91 Å². The highest BCUT2D eigenvalue weighted by atomic mass is 16.5. The van der Waals surface area contributed by atoms with E-state index in [1.807, 2.05) is 30.3 Å². The lowest BCUT2D eigenvalue weighted by Gasteiger charge is -2.24. The van der Waals surface area contributed by atoms with Crippen LogP contribution >= 0.6 is 0 Å². The minimum Gasteiger partial charge on any atom is -0.493 e. The molecule has 3 rings (SSSR count). The number of methoxy groups -OCH3 is 2. The molecule has 0 radical (unpaired) electrons. The lowest BCUT2D eigenvalue weighted by Crippen LogP contribution is -2.39. The van der Waals surface area contributed by atoms with Crippen LogP contribution in [0.1, 0.15) is 18.1 Å². The molecule has 132 valence electrons. The number of fused-ring (bicyclic) bond motifs is 1. The monoisotopic (exact) mass is 340 g/mol. The molecule has 0 unspecified atom stereocenters. The number of hydrogen-bond donors (Lipinski definition) is 1. The molecular formula is C20H24N2O3. The van der Waals surface area contributed by atoms with Crippen LogP contribution in [0, 0.1) is 0 Å². The van der Waals surface area contributed by atoms with Crippen molar-refractivity contribution in [1.82, 2.24) is 5.32 Å².